The van der Waals surface area contributed by atoms with Crippen molar-refractivity contribution in [1.29, 1.82) is 0 Å². The average molecular weight is 460 g/mol. The molecule has 5 nitrogen and oxygen atoms in total. The Hall–Kier alpha value is -2.53. The number of anilines is 2. The lowest BCUT2D eigenvalue weighted by Crippen LogP contribution is -2.47. The molecule has 6 rings (SSSR count). The highest BCUT2D eigenvalue weighted by Crippen LogP contribution is 2.42. The largest absolute Gasteiger partial charge is 0.493 e. The van der Waals surface area contributed by atoms with Crippen LogP contribution in [0.1, 0.15) is 60.9 Å². The quantitative estimate of drug-likeness (QED) is 0.567. The van der Waals surface area contributed by atoms with Gasteiger partial charge in [0, 0.05) is 42.1 Å². The van der Waals surface area contributed by atoms with Crippen molar-refractivity contribution in [2.45, 2.75) is 57.4 Å². The predicted octanol–water partition coefficient (Wildman–Crippen LogP) is 5.49. The second-order valence-corrected chi connectivity index (χ2v) is 11.1. The van der Waals surface area contributed by atoms with Crippen molar-refractivity contribution < 1.29 is 9.53 Å². The number of nitrogens with one attached hydrogen (secondary N) is 1. The molecular formula is C29H37N3O2. The summed E-state index contributed by atoms with van der Waals surface area (Å²) in [4.78, 5) is 18.2. The standard InChI is InChI=1S/C29H37N3O2/c1-21-17-25(31-16-14-29(20-31)13-2-15-32(29)18-22-3-4-22)9-12-27(21)30-28(33)24-7-10-26(11-8-24)34-19-23-5-6-23/h7-12,17,22-23H,2-6,13-16,18-20H2,1H3,(H,30,33). The van der Waals surface area contributed by atoms with Crippen molar-refractivity contribution in [2.75, 3.05) is 43.0 Å². The van der Waals surface area contributed by atoms with Gasteiger partial charge >= 0.3 is 0 Å². The summed E-state index contributed by atoms with van der Waals surface area (Å²) < 4.78 is 5.79. The summed E-state index contributed by atoms with van der Waals surface area (Å²) in [6, 6.07) is 14.0. The molecule has 1 spiro atoms. The predicted molar refractivity (Wildman–Crippen MR) is 137 cm³/mol. The lowest BCUT2D eigenvalue weighted by atomic mass is 9.95. The number of aryl methyl sites for hydroxylation is 1. The number of nitrogens with zero attached hydrogens (tertiary/aromatic N) is 2. The van der Waals surface area contributed by atoms with Gasteiger partial charge in [-0.15, -0.1) is 0 Å². The molecule has 2 aliphatic carbocycles. The van der Waals surface area contributed by atoms with Gasteiger partial charge in [0.2, 0.25) is 0 Å². The molecule has 180 valence electrons. The second kappa shape index (κ2) is 8.92. The molecule has 5 heteroatoms. The molecule has 4 fully saturated rings. The van der Waals surface area contributed by atoms with Crippen molar-refractivity contribution in [3.8, 4) is 5.75 Å². The Bertz CT molecular complexity index is 1040. The van der Waals surface area contributed by atoms with Gasteiger partial charge in [0.15, 0.2) is 0 Å². The molecule has 1 unspecified atom stereocenters. The maximum Gasteiger partial charge on any atom is 0.255 e. The minimum Gasteiger partial charge on any atom is -0.493 e. The summed E-state index contributed by atoms with van der Waals surface area (Å²) in [6.07, 6.45) is 9.37. The van der Waals surface area contributed by atoms with Crippen molar-refractivity contribution in [1.82, 2.24) is 4.90 Å². The lowest BCUT2D eigenvalue weighted by molar-refractivity contribution is 0.102. The fraction of sp³-hybridized carbons (Fsp3) is 0.552. The van der Waals surface area contributed by atoms with Crippen LogP contribution in [-0.2, 0) is 0 Å². The molecule has 2 aromatic carbocycles. The van der Waals surface area contributed by atoms with Crippen LogP contribution in [0.25, 0.3) is 0 Å². The van der Waals surface area contributed by atoms with E-state index in [9.17, 15) is 4.79 Å². The Morgan fingerprint density at radius 1 is 1.03 bits per heavy atom. The summed E-state index contributed by atoms with van der Waals surface area (Å²) in [5.74, 6) is 2.44. The fourth-order valence-corrected chi connectivity index (χ4v) is 5.81. The molecule has 34 heavy (non-hydrogen) atoms. The molecule has 2 aliphatic heterocycles. The summed E-state index contributed by atoms with van der Waals surface area (Å²) in [5.41, 5.74) is 4.31. The zero-order valence-corrected chi connectivity index (χ0v) is 20.4. The van der Waals surface area contributed by atoms with Gasteiger partial charge < -0.3 is 15.0 Å². The Morgan fingerprint density at radius 2 is 1.82 bits per heavy atom. The number of rotatable bonds is 8. The van der Waals surface area contributed by atoms with Crippen molar-refractivity contribution in [3.05, 3.63) is 53.6 Å². The highest BCUT2D eigenvalue weighted by Gasteiger charge is 2.47. The number of benzene rings is 2. The van der Waals surface area contributed by atoms with E-state index in [0.717, 1.165) is 48.5 Å². The van der Waals surface area contributed by atoms with Gasteiger partial charge in [-0.25, -0.2) is 0 Å². The SMILES string of the molecule is Cc1cc(N2CCC3(CCCN3CC3CC3)C2)ccc1NC(=O)c1ccc(OCC2CC2)cc1. The molecule has 1 amide bonds. The van der Waals surface area contributed by atoms with Gasteiger partial charge in [0.1, 0.15) is 5.75 Å². The molecule has 2 aromatic rings. The summed E-state index contributed by atoms with van der Waals surface area (Å²) in [6.45, 7) is 7.73. The van der Waals surface area contributed by atoms with E-state index in [-0.39, 0.29) is 5.91 Å². The number of amides is 1. The van der Waals surface area contributed by atoms with E-state index in [2.05, 4.69) is 40.2 Å². The molecule has 0 aromatic heterocycles. The number of likely N-dealkylation sites (tertiary alicyclic amines) is 1. The minimum atomic E-state index is -0.0774. The van der Waals surface area contributed by atoms with E-state index in [0.29, 0.717) is 11.1 Å². The first-order chi connectivity index (χ1) is 16.6. The molecule has 1 atom stereocenters. The van der Waals surface area contributed by atoms with Crippen LogP contribution in [-0.4, -0.2) is 49.1 Å². The van der Waals surface area contributed by atoms with Crippen LogP contribution >= 0.6 is 0 Å². The lowest BCUT2D eigenvalue weighted by Gasteiger charge is -2.35. The molecular weight excluding hydrogens is 422 g/mol. The Labute approximate surface area is 203 Å². The van der Waals surface area contributed by atoms with E-state index in [1.807, 2.05) is 24.3 Å². The van der Waals surface area contributed by atoms with Crippen molar-refractivity contribution in [3.63, 3.8) is 0 Å². The van der Waals surface area contributed by atoms with E-state index in [4.69, 9.17) is 4.74 Å². The Kier molecular flexibility index (Phi) is 5.76. The maximum absolute atomic E-state index is 12.8. The summed E-state index contributed by atoms with van der Waals surface area (Å²) in [5, 5.41) is 3.10. The summed E-state index contributed by atoms with van der Waals surface area (Å²) in [7, 11) is 0. The van der Waals surface area contributed by atoms with Crippen molar-refractivity contribution >= 4 is 17.3 Å². The van der Waals surface area contributed by atoms with Crippen LogP contribution in [0.3, 0.4) is 0 Å². The molecule has 2 saturated carbocycles. The molecule has 2 saturated heterocycles. The zero-order valence-electron chi connectivity index (χ0n) is 20.4. The third kappa shape index (κ3) is 4.68. The van der Waals surface area contributed by atoms with E-state index in [1.54, 1.807) is 0 Å². The van der Waals surface area contributed by atoms with Crippen LogP contribution in [0, 0.1) is 18.8 Å². The minimum absolute atomic E-state index is 0.0774. The molecule has 0 bridgehead atoms. The van der Waals surface area contributed by atoms with Gasteiger partial charge in [-0.3, -0.25) is 9.69 Å². The van der Waals surface area contributed by atoms with Gasteiger partial charge in [-0.1, -0.05) is 0 Å². The Balaban J connectivity index is 1.08. The number of carbonyl (C=O) groups is 1. The maximum atomic E-state index is 12.8. The van der Waals surface area contributed by atoms with Crippen molar-refractivity contribution in [2.24, 2.45) is 11.8 Å². The molecule has 4 aliphatic rings. The van der Waals surface area contributed by atoms with Gasteiger partial charge in [0.05, 0.1) is 6.61 Å². The highest BCUT2D eigenvalue weighted by atomic mass is 16.5. The first-order valence-electron chi connectivity index (χ1n) is 13.2. The van der Waals surface area contributed by atoms with Crippen LogP contribution in [0.4, 0.5) is 11.4 Å². The van der Waals surface area contributed by atoms with Crippen LogP contribution in [0.5, 0.6) is 5.75 Å². The molecule has 1 N–H and O–H groups in total. The normalized spacial score (nSPS) is 24.7. The highest BCUT2D eigenvalue weighted by molar-refractivity contribution is 6.04. The van der Waals surface area contributed by atoms with Gasteiger partial charge in [-0.2, -0.15) is 0 Å². The first kappa shape index (κ1) is 22.0. The third-order valence-electron chi connectivity index (χ3n) is 8.37. The number of ether oxygens (including phenoxy) is 1. The molecule has 0 radical (unpaired) electrons. The molecule has 2 heterocycles. The Morgan fingerprint density at radius 3 is 2.56 bits per heavy atom. The van der Waals surface area contributed by atoms with Crippen LogP contribution in [0.15, 0.2) is 42.5 Å². The fourth-order valence-electron chi connectivity index (χ4n) is 5.81. The second-order valence-electron chi connectivity index (χ2n) is 11.1. The van der Waals surface area contributed by atoms with E-state index in [1.165, 1.54) is 63.7 Å². The summed E-state index contributed by atoms with van der Waals surface area (Å²) >= 11 is 0. The van der Waals surface area contributed by atoms with E-state index >= 15 is 0 Å². The third-order valence-corrected chi connectivity index (χ3v) is 8.37. The van der Waals surface area contributed by atoms with Crippen LogP contribution in [0.2, 0.25) is 0 Å². The van der Waals surface area contributed by atoms with Crippen LogP contribution < -0.4 is 15.0 Å². The zero-order chi connectivity index (χ0) is 23.1. The number of hydrogen-bond donors (Lipinski definition) is 1. The monoisotopic (exact) mass is 459 g/mol. The van der Waals surface area contributed by atoms with Gasteiger partial charge in [0.25, 0.3) is 5.91 Å². The number of carbonyl (C=O) groups excluding carboxylic acids is 1. The topological polar surface area (TPSA) is 44.8 Å². The first-order valence-corrected chi connectivity index (χ1v) is 13.2. The van der Waals surface area contributed by atoms with Gasteiger partial charge in [-0.05, 0) is 118 Å². The smallest absolute Gasteiger partial charge is 0.255 e. The number of hydrogen-bond acceptors (Lipinski definition) is 4. The average Bonchev–Trinajstić information content (AvgIpc) is 3.77. The van der Waals surface area contributed by atoms with E-state index < -0.39 is 0 Å².